The van der Waals surface area contributed by atoms with Crippen molar-refractivity contribution in [2.24, 2.45) is 11.8 Å². The molecule has 11 heteroatoms. The van der Waals surface area contributed by atoms with Crippen LogP contribution in [0.5, 0.6) is 0 Å². The van der Waals surface area contributed by atoms with Crippen LogP contribution in [0.4, 0.5) is 5.69 Å². The maximum absolute atomic E-state index is 12.8. The molecule has 33 heavy (non-hydrogen) atoms. The Morgan fingerprint density at radius 1 is 1.18 bits per heavy atom. The van der Waals surface area contributed by atoms with E-state index in [0.717, 1.165) is 18.5 Å². The van der Waals surface area contributed by atoms with Crippen LogP contribution in [0, 0.1) is 23.2 Å². The second kappa shape index (κ2) is 8.85. The summed E-state index contributed by atoms with van der Waals surface area (Å²) >= 11 is 0. The van der Waals surface area contributed by atoms with E-state index in [4.69, 9.17) is 4.74 Å². The Morgan fingerprint density at radius 2 is 1.97 bits per heavy atom. The molecule has 178 valence electrons. The summed E-state index contributed by atoms with van der Waals surface area (Å²) in [6.07, 6.45) is 1.95. The second-order valence-corrected chi connectivity index (χ2v) is 11.2. The smallest absolute Gasteiger partial charge is 0.243 e. The predicted octanol–water partition coefficient (Wildman–Crippen LogP) is 0.461. The third-order valence-electron chi connectivity index (χ3n) is 7.35. The SMILES string of the molecule is CC1CCN1S(=O)(=O)c1ccc(NC2NN([C@H]3COCC[C@@H]3C#N)C3CCNC(=O)C23)cc1. The minimum Gasteiger partial charge on any atom is -0.380 e. The molecule has 4 aliphatic rings. The zero-order valence-corrected chi connectivity index (χ0v) is 19.4. The zero-order valence-electron chi connectivity index (χ0n) is 18.6. The summed E-state index contributed by atoms with van der Waals surface area (Å²) in [5.41, 5.74) is 4.16. The predicted molar refractivity (Wildman–Crippen MR) is 120 cm³/mol. The van der Waals surface area contributed by atoms with Gasteiger partial charge >= 0.3 is 0 Å². The Bertz CT molecular complexity index is 1040. The van der Waals surface area contributed by atoms with Crippen LogP contribution in [-0.4, -0.2) is 74.2 Å². The largest absolute Gasteiger partial charge is 0.380 e. The molecule has 0 saturated carbocycles. The van der Waals surface area contributed by atoms with Crippen molar-refractivity contribution >= 4 is 21.6 Å². The van der Waals surface area contributed by atoms with Gasteiger partial charge in [-0.15, -0.1) is 0 Å². The Labute approximate surface area is 194 Å². The molecular formula is C22H30N6O4S. The number of hydrogen-bond donors (Lipinski definition) is 3. The molecule has 1 aromatic rings. The lowest BCUT2D eigenvalue weighted by Crippen LogP contribution is -2.56. The molecule has 1 aromatic carbocycles. The summed E-state index contributed by atoms with van der Waals surface area (Å²) in [5.74, 6) is -0.538. The van der Waals surface area contributed by atoms with Crippen LogP contribution in [0.15, 0.2) is 29.2 Å². The standard InChI is InChI=1S/C22H30N6O4S/c1-14-7-10-27(14)33(30,31)17-4-2-16(3-5-17)25-21-20-18(6-9-24-22(20)29)28(26-21)19-13-32-11-8-15(19)12-23/h2-5,14-15,18-21,25-26H,6-11,13H2,1H3,(H,24,29)/t14?,15-,18?,19+,20?,21?/m1/s1. The van der Waals surface area contributed by atoms with Crippen molar-refractivity contribution in [3.05, 3.63) is 24.3 Å². The fourth-order valence-electron chi connectivity index (χ4n) is 5.34. The molecule has 4 aliphatic heterocycles. The van der Waals surface area contributed by atoms with Gasteiger partial charge in [0.05, 0.1) is 35.4 Å². The third kappa shape index (κ3) is 4.00. The molecule has 5 rings (SSSR count). The normalized spacial score (nSPS) is 35.2. The number of sulfonamides is 1. The molecule has 0 radical (unpaired) electrons. The maximum Gasteiger partial charge on any atom is 0.243 e. The van der Waals surface area contributed by atoms with Crippen LogP contribution >= 0.6 is 0 Å². The fourth-order valence-corrected chi connectivity index (χ4v) is 7.01. The highest BCUT2D eigenvalue weighted by Crippen LogP contribution is 2.34. The first-order chi connectivity index (χ1) is 15.9. The van der Waals surface area contributed by atoms with E-state index in [1.807, 2.05) is 6.92 Å². The van der Waals surface area contributed by atoms with Crippen LogP contribution in [0.25, 0.3) is 0 Å². The van der Waals surface area contributed by atoms with Crippen molar-refractivity contribution in [2.75, 3.05) is 31.6 Å². The van der Waals surface area contributed by atoms with Crippen molar-refractivity contribution in [1.29, 1.82) is 5.26 Å². The molecule has 4 unspecified atom stereocenters. The summed E-state index contributed by atoms with van der Waals surface area (Å²) in [5, 5.41) is 18.0. The van der Waals surface area contributed by atoms with Gasteiger partial charge in [-0.25, -0.2) is 18.9 Å². The minimum absolute atomic E-state index is 0.0317. The van der Waals surface area contributed by atoms with E-state index >= 15 is 0 Å². The highest BCUT2D eigenvalue weighted by Gasteiger charge is 2.51. The van der Waals surface area contributed by atoms with Gasteiger partial charge in [0, 0.05) is 37.5 Å². The number of rotatable bonds is 5. The Morgan fingerprint density at radius 3 is 2.64 bits per heavy atom. The van der Waals surface area contributed by atoms with Crippen molar-refractivity contribution < 1.29 is 17.9 Å². The number of anilines is 1. The molecular weight excluding hydrogens is 444 g/mol. The molecule has 4 heterocycles. The van der Waals surface area contributed by atoms with E-state index < -0.39 is 10.0 Å². The number of fused-ring (bicyclic) bond motifs is 1. The van der Waals surface area contributed by atoms with Gasteiger partial charge < -0.3 is 15.4 Å². The average Bonchev–Trinajstić information content (AvgIpc) is 3.17. The topological polar surface area (TPSA) is 127 Å². The van der Waals surface area contributed by atoms with E-state index in [9.17, 15) is 18.5 Å². The van der Waals surface area contributed by atoms with Crippen LogP contribution in [0.3, 0.4) is 0 Å². The monoisotopic (exact) mass is 474 g/mol. The summed E-state index contributed by atoms with van der Waals surface area (Å²) in [6.45, 7) is 4.08. The Kier molecular flexibility index (Phi) is 6.05. The molecule has 0 spiro atoms. The summed E-state index contributed by atoms with van der Waals surface area (Å²) < 4.78 is 32.7. The fraction of sp³-hybridized carbons (Fsp3) is 0.636. The number of piperidine rings is 1. The summed E-state index contributed by atoms with van der Waals surface area (Å²) in [4.78, 5) is 13.1. The highest BCUT2D eigenvalue weighted by atomic mass is 32.2. The molecule has 0 bridgehead atoms. The number of nitrogens with zero attached hydrogens (tertiary/aromatic N) is 3. The lowest BCUT2D eigenvalue weighted by Gasteiger charge is -2.39. The van der Waals surface area contributed by atoms with E-state index in [-0.39, 0.29) is 46.9 Å². The van der Waals surface area contributed by atoms with Gasteiger partial charge in [-0.1, -0.05) is 0 Å². The van der Waals surface area contributed by atoms with E-state index in [2.05, 4.69) is 27.1 Å². The molecule has 0 aliphatic carbocycles. The van der Waals surface area contributed by atoms with E-state index in [0.29, 0.717) is 32.7 Å². The van der Waals surface area contributed by atoms with Crippen LogP contribution in [0.2, 0.25) is 0 Å². The molecule has 1 amide bonds. The Balaban J connectivity index is 1.34. The first-order valence-electron chi connectivity index (χ1n) is 11.6. The Hall–Kier alpha value is -2.23. The van der Waals surface area contributed by atoms with Gasteiger partial charge in [0.15, 0.2) is 0 Å². The van der Waals surface area contributed by atoms with Gasteiger partial charge in [0.1, 0.15) is 6.17 Å². The molecule has 4 fully saturated rings. The number of hydrogen-bond acceptors (Lipinski definition) is 8. The number of nitrogens with one attached hydrogen (secondary N) is 3. The summed E-state index contributed by atoms with van der Waals surface area (Å²) in [6, 6.07) is 8.94. The van der Waals surface area contributed by atoms with E-state index in [1.54, 1.807) is 24.3 Å². The minimum atomic E-state index is -3.48. The van der Waals surface area contributed by atoms with Crippen LogP contribution < -0.4 is 16.1 Å². The molecule has 4 saturated heterocycles. The first-order valence-corrected chi connectivity index (χ1v) is 13.0. The molecule has 0 aromatic heterocycles. The van der Waals surface area contributed by atoms with Crippen molar-refractivity contribution in [1.82, 2.24) is 20.1 Å². The number of carbonyl (C=O) groups is 1. The van der Waals surface area contributed by atoms with Crippen molar-refractivity contribution in [3.63, 3.8) is 0 Å². The lowest BCUT2D eigenvalue weighted by molar-refractivity contribution is -0.128. The third-order valence-corrected chi connectivity index (χ3v) is 9.38. The number of benzene rings is 1. The molecule has 6 atom stereocenters. The van der Waals surface area contributed by atoms with Crippen molar-refractivity contribution in [2.45, 2.75) is 55.4 Å². The van der Waals surface area contributed by atoms with Crippen molar-refractivity contribution in [3.8, 4) is 6.07 Å². The number of hydrazine groups is 1. The van der Waals surface area contributed by atoms with Gasteiger partial charge in [-0.3, -0.25) is 4.79 Å². The van der Waals surface area contributed by atoms with Gasteiger partial charge in [0.25, 0.3) is 0 Å². The zero-order chi connectivity index (χ0) is 23.2. The lowest BCUT2D eigenvalue weighted by atomic mass is 9.88. The number of nitriles is 1. The molecule has 3 N–H and O–H groups in total. The molecule has 10 nitrogen and oxygen atoms in total. The number of amides is 1. The average molecular weight is 475 g/mol. The first kappa shape index (κ1) is 22.6. The summed E-state index contributed by atoms with van der Waals surface area (Å²) in [7, 11) is -3.48. The number of ether oxygens (including phenoxy) is 1. The van der Waals surface area contributed by atoms with E-state index in [1.165, 1.54) is 4.31 Å². The van der Waals surface area contributed by atoms with Crippen LogP contribution in [0.1, 0.15) is 26.2 Å². The van der Waals surface area contributed by atoms with Crippen LogP contribution in [-0.2, 0) is 19.6 Å². The van der Waals surface area contributed by atoms with Gasteiger partial charge in [-0.05, 0) is 50.5 Å². The maximum atomic E-state index is 12.8. The second-order valence-electron chi connectivity index (χ2n) is 9.28. The van der Waals surface area contributed by atoms with Gasteiger partial charge in [-0.2, -0.15) is 9.57 Å². The number of carbonyl (C=O) groups excluding carboxylic acids is 1. The van der Waals surface area contributed by atoms with Gasteiger partial charge in [0.2, 0.25) is 15.9 Å². The quantitative estimate of drug-likeness (QED) is 0.562. The highest BCUT2D eigenvalue weighted by molar-refractivity contribution is 7.89.